The number of hydrogen-bond acceptors (Lipinski definition) is 4. The average molecular weight is 589 g/mol. The Morgan fingerprint density at radius 2 is 1.88 bits per heavy atom. The smallest absolute Gasteiger partial charge is 0.322 e. The number of carbonyl (C=O) groups excluding carboxylic acids is 3. The number of amides is 4. The molecule has 3 heterocycles. The molecule has 0 bridgehead atoms. The third kappa shape index (κ3) is 6.10. The van der Waals surface area contributed by atoms with Crippen molar-refractivity contribution in [3.8, 4) is 0 Å². The lowest BCUT2D eigenvalue weighted by Gasteiger charge is -2.38. The molecule has 3 aliphatic heterocycles. The van der Waals surface area contributed by atoms with Crippen LogP contribution in [0, 0.1) is 11.7 Å². The summed E-state index contributed by atoms with van der Waals surface area (Å²) in [6.45, 7) is 6.35. The summed E-state index contributed by atoms with van der Waals surface area (Å²) >= 11 is 7.70. The summed E-state index contributed by atoms with van der Waals surface area (Å²) in [6.07, 6.45) is 3.01. The van der Waals surface area contributed by atoms with Crippen LogP contribution in [0.5, 0.6) is 0 Å². The van der Waals surface area contributed by atoms with Gasteiger partial charge in [0.15, 0.2) is 0 Å². The SMILES string of the molecule is CC(C)CCN1C(=O)C(CC(=O)N2CCC(N3CCc4ccccc4NC3=O)CC2)SC1c1c(F)cccc1Cl.[HH]. The summed E-state index contributed by atoms with van der Waals surface area (Å²) in [4.78, 5) is 45.2. The van der Waals surface area contributed by atoms with Crippen LogP contribution in [0.2, 0.25) is 5.02 Å². The van der Waals surface area contributed by atoms with E-state index >= 15 is 0 Å². The number of thioether (sulfide) groups is 1. The van der Waals surface area contributed by atoms with E-state index in [9.17, 15) is 18.8 Å². The molecule has 2 aromatic rings. The van der Waals surface area contributed by atoms with Crippen LogP contribution in [-0.2, 0) is 16.0 Å². The topological polar surface area (TPSA) is 73.0 Å². The number of halogens is 2. The minimum absolute atomic E-state index is 0. The van der Waals surface area contributed by atoms with Crippen molar-refractivity contribution in [1.82, 2.24) is 14.7 Å². The molecule has 0 saturated carbocycles. The first kappa shape index (κ1) is 28.7. The number of likely N-dealkylation sites (tertiary alicyclic amines) is 1. The van der Waals surface area contributed by atoms with E-state index in [0.29, 0.717) is 50.5 Å². The van der Waals surface area contributed by atoms with Gasteiger partial charge in [-0.25, -0.2) is 9.18 Å². The molecular weight excluding hydrogens is 551 g/mol. The molecule has 2 atom stereocenters. The van der Waals surface area contributed by atoms with Gasteiger partial charge in [-0.15, -0.1) is 11.8 Å². The summed E-state index contributed by atoms with van der Waals surface area (Å²) in [5, 5.41) is 2.16. The number of nitrogens with one attached hydrogen (secondary N) is 1. The highest BCUT2D eigenvalue weighted by Gasteiger charge is 2.44. The maximum Gasteiger partial charge on any atom is 0.322 e. The number of hydrogen-bond donors (Lipinski definition) is 1. The molecule has 2 unspecified atom stereocenters. The lowest BCUT2D eigenvalue weighted by Crippen LogP contribution is -2.50. The predicted molar refractivity (Wildman–Crippen MR) is 159 cm³/mol. The first-order valence-electron chi connectivity index (χ1n) is 14.1. The predicted octanol–water partition coefficient (Wildman–Crippen LogP) is 6.19. The number of urea groups is 1. The highest BCUT2D eigenvalue weighted by Crippen LogP contribution is 2.47. The molecular formula is C30H38ClFN4O3S. The largest absolute Gasteiger partial charge is 0.342 e. The van der Waals surface area contributed by atoms with Gasteiger partial charge in [0.25, 0.3) is 0 Å². The average Bonchev–Trinajstić information content (AvgIpc) is 3.11. The van der Waals surface area contributed by atoms with Crippen LogP contribution in [0.25, 0.3) is 0 Å². The second kappa shape index (κ2) is 12.4. The first-order chi connectivity index (χ1) is 19.2. The molecule has 0 radical (unpaired) electrons. The highest BCUT2D eigenvalue weighted by molar-refractivity contribution is 8.01. The zero-order chi connectivity index (χ0) is 28.4. The summed E-state index contributed by atoms with van der Waals surface area (Å²) in [5.41, 5.74) is 2.29. The first-order valence-corrected chi connectivity index (χ1v) is 15.4. The highest BCUT2D eigenvalue weighted by atomic mass is 35.5. The number of piperidine rings is 1. The van der Waals surface area contributed by atoms with Crippen molar-refractivity contribution in [3.63, 3.8) is 0 Å². The Labute approximate surface area is 245 Å². The lowest BCUT2D eigenvalue weighted by atomic mass is 10.0. The minimum atomic E-state index is -0.590. The second-order valence-electron chi connectivity index (χ2n) is 11.2. The van der Waals surface area contributed by atoms with Gasteiger partial charge in [0, 0.05) is 56.3 Å². The molecule has 40 heavy (non-hydrogen) atoms. The van der Waals surface area contributed by atoms with Gasteiger partial charge >= 0.3 is 6.03 Å². The van der Waals surface area contributed by atoms with Crippen molar-refractivity contribution in [1.29, 1.82) is 0 Å². The normalized spacial score (nSPS) is 22.0. The van der Waals surface area contributed by atoms with Gasteiger partial charge in [0.2, 0.25) is 11.8 Å². The molecule has 5 rings (SSSR count). The third-order valence-electron chi connectivity index (χ3n) is 8.09. The Hall–Kier alpha value is -2.78. The Bertz CT molecular complexity index is 1260. The molecule has 0 spiro atoms. The molecule has 216 valence electrons. The summed E-state index contributed by atoms with van der Waals surface area (Å²) < 4.78 is 14.9. The van der Waals surface area contributed by atoms with Crippen LogP contribution in [0.3, 0.4) is 0 Å². The van der Waals surface area contributed by atoms with E-state index in [1.54, 1.807) is 21.9 Å². The summed E-state index contributed by atoms with van der Waals surface area (Å²) in [6, 6.07) is 12.4. The van der Waals surface area contributed by atoms with Crippen LogP contribution in [0.4, 0.5) is 14.9 Å². The standard InChI is InChI=1S/C30H36ClFN4O3S.H2/c1-19(2)10-16-36-28(38)25(40-29(36)27-22(31)7-5-8-23(27)32)18-26(37)34-14-12-21(13-15-34)35-17-11-20-6-3-4-9-24(20)33-30(35)39;/h3-9,19,21,25,29H,10-18H2,1-2H3,(H,33,39);1H. The number of fused-ring (bicyclic) bond motifs is 1. The van der Waals surface area contributed by atoms with E-state index < -0.39 is 16.4 Å². The van der Waals surface area contributed by atoms with Crippen molar-refractivity contribution < 1.29 is 20.2 Å². The fraction of sp³-hybridized carbons (Fsp3) is 0.500. The van der Waals surface area contributed by atoms with Gasteiger partial charge in [-0.2, -0.15) is 0 Å². The van der Waals surface area contributed by atoms with E-state index in [-0.39, 0.29) is 36.8 Å². The number of para-hydroxylation sites is 1. The van der Waals surface area contributed by atoms with Gasteiger partial charge in [-0.05, 0) is 55.4 Å². The van der Waals surface area contributed by atoms with Crippen LogP contribution in [0.15, 0.2) is 42.5 Å². The monoisotopic (exact) mass is 588 g/mol. The van der Waals surface area contributed by atoms with Crippen LogP contribution < -0.4 is 5.32 Å². The van der Waals surface area contributed by atoms with E-state index in [0.717, 1.165) is 24.1 Å². The molecule has 2 saturated heterocycles. The Morgan fingerprint density at radius 3 is 2.60 bits per heavy atom. The Morgan fingerprint density at radius 1 is 1.12 bits per heavy atom. The summed E-state index contributed by atoms with van der Waals surface area (Å²) in [5.74, 6) is -0.292. The van der Waals surface area contributed by atoms with Crippen molar-refractivity contribution in [2.24, 2.45) is 5.92 Å². The van der Waals surface area contributed by atoms with Crippen LogP contribution in [0.1, 0.15) is 57.5 Å². The van der Waals surface area contributed by atoms with Gasteiger partial charge in [0.1, 0.15) is 11.2 Å². The second-order valence-corrected chi connectivity index (χ2v) is 12.9. The molecule has 0 aromatic heterocycles. The zero-order valence-corrected chi connectivity index (χ0v) is 24.5. The van der Waals surface area contributed by atoms with Gasteiger partial charge in [0.05, 0.1) is 5.25 Å². The van der Waals surface area contributed by atoms with E-state index in [4.69, 9.17) is 11.6 Å². The van der Waals surface area contributed by atoms with Crippen molar-refractivity contribution in [3.05, 3.63) is 64.4 Å². The zero-order valence-electron chi connectivity index (χ0n) is 22.9. The van der Waals surface area contributed by atoms with Crippen LogP contribution >= 0.6 is 23.4 Å². The number of benzene rings is 2. The Balaban J connectivity index is 0.00000387. The molecule has 3 aliphatic rings. The molecule has 2 fully saturated rings. The molecule has 10 heteroatoms. The van der Waals surface area contributed by atoms with Crippen LogP contribution in [-0.4, -0.2) is 70.0 Å². The number of anilines is 1. The van der Waals surface area contributed by atoms with E-state index in [1.165, 1.54) is 17.8 Å². The third-order valence-corrected chi connectivity index (χ3v) is 9.86. The van der Waals surface area contributed by atoms with Crippen molar-refractivity contribution in [2.75, 3.05) is 31.5 Å². The molecule has 7 nitrogen and oxygen atoms in total. The fourth-order valence-electron chi connectivity index (χ4n) is 5.77. The van der Waals surface area contributed by atoms with Gasteiger partial charge < -0.3 is 20.0 Å². The van der Waals surface area contributed by atoms with Gasteiger partial charge in [-0.1, -0.05) is 49.7 Å². The number of rotatable bonds is 7. The lowest BCUT2D eigenvalue weighted by molar-refractivity contribution is -0.137. The van der Waals surface area contributed by atoms with Crippen molar-refractivity contribution >= 4 is 46.9 Å². The van der Waals surface area contributed by atoms with E-state index in [1.807, 2.05) is 29.2 Å². The Kier molecular flexibility index (Phi) is 8.90. The summed E-state index contributed by atoms with van der Waals surface area (Å²) in [7, 11) is 0. The molecule has 2 aromatic carbocycles. The van der Waals surface area contributed by atoms with E-state index in [2.05, 4.69) is 19.2 Å². The maximum absolute atomic E-state index is 14.9. The quantitative estimate of drug-likeness (QED) is 0.419. The maximum atomic E-state index is 14.9. The number of carbonyl (C=O) groups is 3. The minimum Gasteiger partial charge on any atom is -0.342 e. The van der Waals surface area contributed by atoms with Crippen molar-refractivity contribution in [2.45, 2.75) is 62.6 Å². The molecule has 0 aliphatic carbocycles. The molecule has 1 N–H and O–H groups in total. The fourth-order valence-corrected chi connectivity index (χ4v) is 7.64. The van der Waals surface area contributed by atoms with Gasteiger partial charge in [-0.3, -0.25) is 9.59 Å². The number of nitrogens with zero attached hydrogens (tertiary/aromatic N) is 3. The molecule has 4 amide bonds.